The van der Waals surface area contributed by atoms with Crippen LogP contribution in [0.4, 0.5) is 0 Å². The van der Waals surface area contributed by atoms with Crippen LogP contribution in [0.5, 0.6) is 0 Å². The minimum Gasteiger partial charge on any atom is -0.368 e. The number of primary amides is 1. The van der Waals surface area contributed by atoms with Crippen LogP contribution in [0.15, 0.2) is 23.1 Å². The molecule has 2 amide bonds. The van der Waals surface area contributed by atoms with Gasteiger partial charge in [-0.2, -0.15) is 0 Å². The minimum absolute atomic E-state index is 0.0143. The monoisotopic (exact) mass is 294 g/mol. The first-order valence-corrected chi connectivity index (χ1v) is 7.88. The Morgan fingerprint density at radius 2 is 2.05 bits per heavy atom. The third-order valence-corrected chi connectivity index (χ3v) is 4.22. The summed E-state index contributed by atoms with van der Waals surface area (Å²) >= 11 is 1.57. The molecule has 0 aliphatic heterocycles. The van der Waals surface area contributed by atoms with Gasteiger partial charge in [0, 0.05) is 10.5 Å². The molecule has 4 nitrogen and oxygen atoms in total. The molecule has 3 N–H and O–H groups in total. The van der Waals surface area contributed by atoms with E-state index in [1.54, 1.807) is 11.8 Å². The van der Waals surface area contributed by atoms with E-state index >= 15 is 0 Å². The quantitative estimate of drug-likeness (QED) is 0.791. The van der Waals surface area contributed by atoms with Crippen LogP contribution < -0.4 is 11.1 Å². The van der Waals surface area contributed by atoms with Crippen molar-refractivity contribution in [2.45, 2.75) is 38.1 Å². The molecular formula is C15H22N2O2S. The highest BCUT2D eigenvalue weighted by molar-refractivity contribution is 7.98. The molecule has 0 aromatic heterocycles. The first kappa shape index (κ1) is 16.6. The summed E-state index contributed by atoms with van der Waals surface area (Å²) < 4.78 is 0. The minimum atomic E-state index is -0.634. The number of carbonyl (C=O) groups is 2. The van der Waals surface area contributed by atoms with Gasteiger partial charge in [-0.15, -0.1) is 11.8 Å². The lowest BCUT2D eigenvalue weighted by atomic mass is 9.98. The van der Waals surface area contributed by atoms with E-state index in [1.165, 1.54) is 0 Å². The van der Waals surface area contributed by atoms with Gasteiger partial charge in [0.15, 0.2) is 0 Å². The van der Waals surface area contributed by atoms with E-state index < -0.39 is 11.9 Å². The van der Waals surface area contributed by atoms with Gasteiger partial charge in [0.05, 0.1) is 0 Å². The van der Waals surface area contributed by atoms with Crippen molar-refractivity contribution < 1.29 is 9.59 Å². The molecule has 0 aliphatic rings. The maximum absolute atomic E-state index is 12.3. The van der Waals surface area contributed by atoms with Crippen molar-refractivity contribution in [2.24, 2.45) is 11.7 Å². The van der Waals surface area contributed by atoms with Crippen molar-refractivity contribution in [1.82, 2.24) is 5.32 Å². The number of thioether (sulfide) groups is 1. The number of aryl methyl sites for hydroxylation is 1. The molecule has 110 valence electrons. The standard InChI is InChI=1S/C15H22N2O2S/c1-5-9(2)13(14(16)18)17-15(19)12-8-11(20-4)7-6-10(12)3/h6-9,13H,5H2,1-4H3,(H2,16,18)(H,17,19). The molecule has 0 bridgehead atoms. The van der Waals surface area contributed by atoms with Crippen molar-refractivity contribution in [2.75, 3.05) is 6.26 Å². The lowest BCUT2D eigenvalue weighted by Gasteiger charge is -2.21. The fraction of sp³-hybridized carbons (Fsp3) is 0.467. The number of benzene rings is 1. The molecule has 2 unspecified atom stereocenters. The number of nitrogens with two attached hydrogens (primary N) is 1. The Morgan fingerprint density at radius 3 is 2.55 bits per heavy atom. The fourth-order valence-electron chi connectivity index (χ4n) is 1.92. The summed E-state index contributed by atoms with van der Waals surface area (Å²) in [7, 11) is 0. The van der Waals surface area contributed by atoms with Crippen molar-refractivity contribution in [3.63, 3.8) is 0 Å². The van der Waals surface area contributed by atoms with Gasteiger partial charge < -0.3 is 11.1 Å². The van der Waals surface area contributed by atoms with Gasteiger partial charge in [-0.3, -0.25) is 9.59 Å². The molecule has 0 spiro atoms. The van der Waals surface area contributed by atoms with Crippen LogP contribution in [0.1, 0.15) is 36.2 Å². The lowest BCUT2D eigenvalue weighted by Crippen LogP contribution is -2.48. The maximum Gasteiger partial charge on any atom is 0.252 e. The second kappa shape index (κ2) is 7.33. The molecule has 1 rings (SSSR count). The van der Waals surface area contributed by atoms with Crippen LogP contribution in [-0.2, 0) is 4.79 Å². The molecular weight excluding hydrogens is 272 g/mol. The van der Waals surface area contributed by atoms with Crippen molar-refractivity contribution >= 4 is 23.6 Å². The zero-order valence-electron chi connectivity index (χ0n) is 12.4. The number of carbonyl (C=O) groups excluding carboxylic acids is 2. The molecule has 1 aromatic rings. The van der Waals surface area contributed by atoms with E-state index in [4.69, 9.17) is 5.73 Å². The molecule has 0 fully saturated rings. The SMILES string of the molecule is CCC(C)C(NC(=O)c1cc(SC)ccc1C)C(N)=O. The number of hydrogen-bond donors (Lipinski definition) is 2. The highest BCUT2D eigenvalue weighted by atomic mass is 32.2. The predicted molar refractivity (Wildman–Crippen MR) is 82.9 cm³/mol. The van der Waals surface area contributed by atoms with Crippen molar-refractivity contribution in [1.29, 1.82) is 0 Å². The summed E-state index contributed by atoms with van der Waals surface area (Å²) in [5.41, 5.74) is 6.85. The lowest BCUT2D eigenvalue weighted by molar-refractivity contribution is -0.120. The smallest absolute Gasteiger partial charge is 0.252 e. The largest absolute Gasteiger partial charge is 0.368 e. The van der Waals surface area contributed by atoms with Gasteiger partial charge in [0.25, 0.3) is 5.91 Å². The highest BCUT2D eigenvalue weighted by Crippen LogP contribution is 2.19. The Morgan fingerprint density at radius 1 is 1.40 bits per heavy atom. The van der Waals surface area contributed by atoms with Gasteiger partial charge in [0.1, 0.15) is 6.04 Å². The zero-order chi connectivity index (χ0) is 15.3. The highest BCUT2D eigenvalue weighted by Gasteiger charge is 2.24. The van der Waals surface area contributed by atoms with Gasteiger partial charge in [-0.05, 0) is 36.8 Å². The van der Waals surface area contributed by atoms with Crippen LogP contribution in [0.2, 0.25) is 0 Å². The predicted octanol–water partition coefficient (Wildman–Crippen LogP) is 2.35. The summed E-state index contributed by atoms with van der Waals surface area (Å²) in [4.78, 5) is 24.8. The van der Waals surface area contributed by atoms with E-state index in [0.717, 1.165) is 16.9 Å². The van der Waals surface area contributed by atoms with Crippen molar-refractivity contribution in [3.05, 3.63) is 29.3 Å². The van der Waals surface area contributed by atoms with E-state index in [-0.39, 0.29) is 11.8 Å². The van der Waals surface area contributed by atoms with Crippen LogP contribution in [0.3, 0.4) is 0 Å². The number of amides is 2. The molecule has 2 atom stereocenters. The van der Waals surface area contributed by atoms with Crippen LogP contribution in [-0.4, -0.2) is 24.1 Å². The molecule has 0 saturated heterocycles. The molecule has 0 heterocycles. The maximum atomic E-state index is 12.3. The van der Waals surface area contributed by atoms with E-state index in [9.17, 15) is 9.59 Å². The summed E-state index contributed by atoms with van der Waals surface area (Å²) in [5, 5.41) is 2.75. The average Bonchev–Trinajstić information content (AvgIpc) is 2.43. The molecule has 1 aromatic carbocycles. The van der Waals surface area contributed by atoms with Crippen LogP contribution in [0, 0.1) is 12.8 Å². The number of hydrogen-bond acceptors (Lipinski definition) is 3. The van der Waals surface area contributed by atoms with Crippen LogP contribution in [0.25, 0.3) is 0 Å². The third-order valence-electron chi connectivity index (χ3n) is 3.50. The summed E-state index contributed by atoms with van der Waals surface area (Å²) in [6, 6.07) is 5.08. The molecule has 0 saturated carbocycles. The van der Waals surface area contributed by atoms with Gasteiger partial charge in [0.2, 0.25) is 5.91 Å². The van der Waals surface area contributed by atoms with Gasteiger partial charge >= 0.3 is 0 Å². The molecule has 20 heavy (non-hydrogen) atoms. The Balaban J connectivity index is 2.97. The van der Waals surface area contributed by atoms with E-state index in [1.807, 2.05) is 45.2 Å². The van der Waals surface area contributed by atoms with Gasteiger partial charge in [-0.25, -0.2) is 0 Å². The molecule has 0 radical (unpaired) electrons. The molecule has 0 aliphatic carbocycles. The van der Waals surface area contributed by atoms with Crippen LogP contribution >= 0.6 is 11.8 Å². The Labute approximate surface area is 124 Å². The first-order chi connectivity index (χ1) is 9.40. The normalized spacial score (nSPS) is 13.6. The second-order valence-corrected chi connectivity index (χ2v) is 5.80. The summed E-state index contributed by atoms with van der Waals surface area (Å²) in [5.74, 6) is -0.727. The van der Waals surface area contributed by atoms with Gasteiger partial charge in [-0.1, -0.05) is 26.3 Å². The topological polar surface area (TPSA) is 72.2 Å². The third kappa shape index (κ3) is 4.00. The fourth-order valence-corrected chi connectivity index (χ4v) is 2.36. The Bertz CT molecular complexity index is 503. The second-order valence-electron chi connectivity index (χ2n) is 4.92. The zero-order valence-corrected chi connectivity index (χ0v) is 13.2. The Kier molecular flexibility index (Phi) is 6.07. The van der Waals surface area contributed by atoms with E-state index in [2.05, 4.69) is 5.32 Å². The van der Waals surface area contributed by atoms with E-state index in [0.29, 0.717) is 5.56 Å². The summed E-state index contributed by atoms with van der Waals surface area (Å²) in [6.07, 6.45) is 2.73. The summed E-state index contributed by atoms with van der Waals surface area (Å²) in [6.45, 7) is 5.74. The Hall–Kier alpha value is -1.49. The average molecular weight is 294 g/mol. The first-order valence-electron chi connectivity index (χ1n) is 6.65. The molecule has 5 heteroatoms. The number of nitrogens with one attached hydrogen (secondary N) is 1. The number of rotatable bonds is 6. The van der Waals surface area contributed by atoms with Crippen molar-refractivity contribution in [3.8, 4) is 0 Å².